The Morgan fingerprint density at radius 1 is 1.43 bits per heavy atom. The van der Waals surface area contributed by atoms with E-state index in [1.54, 1.807) is 12.4 Å². The minimum atomic E-state index is -0.162. The zero-order valence-corrected chi connectivity index (χ0v) is 11.9. The fraction of sp³-hybridized carbons (Fsp3) is 0.562. The van der Waals surface area contributed by atoms with Gasteiger partial charge in [-0.3, -0.25) is 4.98 Å². The summed E-state index contributed by atoms with van der Waals surface area (Å²) in [5.41, 5.74) is 0.581. The van der Waals surface area contributed by atoms with Gasteiger partial charge in [0, 0.05) is 37.6 Å². The second-order valence-electron chi connectivity index (χ2n) is 5.44. The molecule has 0 aromatic carbocycles. The Labute approximate surface area is 124 Å². The number of aromatic nitrogens is 1. The van der Waals surface area contributed by atoms with Crippen molar-refractivity contribution >= 4 is 0 Å². The van der Waals surface area contributed by atoms with Gasteiger partial charge in [-0.25, -0.2) is 0 Å². The first-order valence-electron chi connectivity index (χ1n) is 7.23. The molecule has 2 atom stereocenters. The summed E-state index contributed by atoms with van der Waals surface area (Å²) >= 11 is 0. The molecule has 0 amide bonds. The minimum Gasteiger partial charge on any atom is -0.489 e. The second-order valence-corrected chi connectivity index (χ2v) is 5.44. The molecule has 112 valence electrons. The van der Waals surface area contributed by atoms with Crippen molar-refractivity contribution in [3.8, 4) is 17.6 Å². The SMILES string of the molecule is OCC#Cc1cncc(OC2CCOC3(CCOC3)C2)c1. The molecular formula is C16H19NO4. The fourth-order valence-corrected chi connectivity index (χ4v) is 2.83. The highest BCUT2D eigenvalue weighted by Crippen LogP contribution is 2.34. The monoisotopic (exact) mass is 289 g/mol. The Morgan fingerprint density at radius 2 is 2.38 bits per heavy atom. The van der Waals surface area contributed by atoms with Crippen molar-refractivity contribution in [1.82, 2.24) is 4.98 Å². The molecule has 3 heterocycles. The molecule has 2 fully saturated rings. The van der Waals surface area contributed by atoms with E-state index < -0.39 is 0 Å². The summed E-state index contributed by atoms with van der Waals surface area (Å²) in [6, 6.07) is 1.85. The predicted octanol–water partition coefficient (Wildman–Crippen LogP) is 1.14. The molecule has 2 aliphatic heterocycles. The molecule has 1 aromatic rings. The molecule has 5 nitrogen and oxygen atoms in total. The number of hydrogen-bond donors (Lipinski definition) is 1. The van der Waals surface area contributed by atoms with Crippen LogP contribution in [0.3, 0.4) is 0 Å². The Kier molecular flexibility index (Phi) is 4.39. The Balaban J connectivity index is 1.65. The molecule has 1 N–H and O–H groups in total. The molecule has 1 aromatic heterocycles. The Hall–Kier alpha value is -1.61. The molecule has 0 radical (unpaired) electrons. The summed E-state index contributed by atoms with van der Waals surface area (Å²) in [6.45, 7) is 1.96. The number of aliphatic hydroxyl groups excluding tert-OH is 1. The summed E-state index contributed by atoms with van der Waals surface area (Å²) in [5, 5.41) is 8.72. The van der Waals surface area contributed by atoms with Crippen LogP contribution in [-0.4, -0.2) is 48.2 Å². The standard InChI is InChI=1S/C16H19NO4/c18-5-1-2-13-8-15(11-17-10-13)21-14-3-6-20-16(9-14)4-7-19-12-16/h8,10-11,14,18H,3-7,9,12H2. The van der Waals surface area contributed by atoms with Gasteiger partial charge in [-0.1, -0.05) is 11.8 Å². The highest BCUT2D eigenvalue weighted by atomic mass is 16.6. The van der Waals surface area contributed by atoms with E-state index in [-0.39, 0.29) is 18.3 Å². The van der Waals surface area contributed by atoms with E-state index in [1.807, 2.05) is 6.07 Å². The lowest BCUT2D eigenvalue weighted by Crippen LogP contribution is -2.44. The van der Waals surface area contributed by atoms with Crippen molar-refractivity contribution < 1.29 is 19.3 Å². The van der Waals surface area contributed by atoms with Gasteiger partial charge >= 0.3 is 0 Å². The van der Waals surface area contributed by atoms with E-state index >= 15 is 0 Å². The number of nitrogens with zero attached hydrogens (tertiary/aromatic N) is 1. The third kappa shape index (κ3) is 3.53. The van der Waals surface area contributed by atoms with E-state index in [1.165, 1.54) is 0 Å². The van der Waals surface area contributed by atoms with Crippen molar-refractivity contribution in [2.24, 2.45) is 0 Å². The quantitative estimate of drug-likeness (QED) is 0.827. The van der Waals surface area contributed by atoms with E-state index in [0.29, 0.717) is 19.0 Å². The first-order chi connectivity index (χ1) is 10.3. The maximum absolute atomic E-state index is 8.72. The average molecular weight is 289 g/mol. The molecular weight excluding hydrogens is 270 g/mol. The Bertz CT molecular complexity index is 543. The van der Waals surface area contributed by atoms with E-state index in [0.717, 1.165) is 31.4 Å². The molecule has 0 bridgehead atoms. The van der Waals surface area contributed by atoms with Crippen molar-refractivity contribution in [2.45, 2.75) is 31.0 Å². The summed E-state index contributed by atoms with van der Waals surface area (Å²) in [4.78, 5) is 4.13. The van der Waals surface area contributed by atoms with E-state index in [2.05, 4.69) is 16.8 Å². The first-order valence-corrected chi connectivity index (χ1v) is 7.23. The largest absolute Gasteiger partial charge is 0.489 e. The summed E-state index contributed by atoms with van der Waals surface area (Å²) < 4.78 is 17.4. The maximum Gasteiger partial charge on any atom is 0.139 e. The molecule has 1 spiro atoms. The lowest BCUT2D eigenvalue weighted by molar-refractivity contribution is -0.112. The molecule has 2 aliphatic rings. The van der Waals surface area contributed by atoms with Crippen LogP contribution in [-0.2, 0) is 9.47 Å². The van der Waals surface area contributed by atoms with Crippen LogP contribution in [0.1, 0.15) is 24.8 Å². The van der Waals surface area contributed by atoms with Crippen LogP contribution in [0.25, 0.3) is 0 Å². The lowest BCUT2D eigenvalue weighted by atomic mass is 9.91. The van der Waals surface area contributed by atoms with Crippen LogP contribution in [0.15, 0.2) is 18.5 Å². The van der Waals surface area contributed by atoms with Gasteiger partial charge < -0.3 is 19.3 Å². The lowest BCUT2D eigenvalue weighted by Gasteiger charge is -2.36. The van der Waals surface area contributed by atoms with Crippen molar-refractivity contribution in [3.05, 3.63) is 24.0 Å². The smallest absolute Gasteiger partial charge is 0.139 e. The van der Waals surface area contributed by atoms with Crippen LogP contribution < -0.4 is 4.74 Å². The molecule has 2 saturated heterocycles. The van der Waals surface area contributed by atoms with Gasteiger partial charge in [0.1, 0.15) is 18.5 Å². The van der Waals surface area contributed by atoms with Crippen LogP contribution in [0.5, 0.6) is 5.75 Å². The van der Waals surface area contributed by atoms with Crippen LogP contribution >= 0.6 is 0 Å². The molecule has 21 heavy (non-hydrogen) atoms. The van der Waals surface area contributed by atoms with Crippen molar-refractivity contribution in [3.63, 3.8) is 0 Å². The van der Waals surface area contributed by atoms with E-state index in [9.17, 15) is 0 Å². The Morgan fingerprint density at radius 3 is 3.19 bits per heavy atom. The van der Waals surface area contributed by atoms with Gasteiger partial charge in [0.2, 0.25) is 0 Å². The molecule has 0 aliphatic carbocycles. The van der Waals surface area contributed by atoms with Crippen molar-refractivity contribution in [1.29, 1.82) is 0 Å². The number of aliphatic hydroxyl groups is 1. The first kappa shape index (κ1) is 14.3. The van der Waals surface area contributed by atoms with Gasteiger partial charge in [-0.15, -0.1) is 0 Å². The number of pyridine rings is 1. The zero-order valence-electron chi connectivity index (χ0n) is 11.9. The summed E-state index contributed by atoms with van der Waals surface area (Å²) in [7, 11) is 0. The highest BCUT2D eigenvalue weighted by Gasteiger charge is 2.41. The van der Waals surface area contributed by atoms with E-state index in [4.69, 9.17) is 19.3 Å². The molecule has 2 unspecified atom stereocenters. The zero-order chi connectivity index (χ0) is 14.5. The third-order valence-corrected chi connectivity index (χ3v) is 3.84. The van der Waals surface area contributed by atoms with Gasteiger partial charge in [0.05, 0.1) is 25.0 Å². The van der Waals surface area contributed by atoms with Crippen LogP contribution in [0, 0.1) is 11.8 Å². The fourth-order valence-electron chi connectivity index (χ4n) is 2.83. The van der Waals surface area contributed by atoms with Crippen LogP contribution in [0.2, 0.25) is 0 Å². The van der Waals surface area contributed by atoms with Gasteiger partial charge in [-0.2, -0.15) is 0 Å². The van der Waals surface area contributed by atoms with Gasteiger partial charge in [0.15, 0.2) is 0 Å². The van der Waals surface area contributed by atoms with Gasteiger partial charge in [0.25, 0.3) is 0 Å². The van der Waals surface area contributed by atoms with Crippen molar-refractivity contribution in [2.75, 3.05) is 26.4 Å². The molecule has 5 heteroatoms. The number of ether oxygens (including phenoxy) is 3. The average Bonchev–Trinajstić information content (AvgIpc) is 2.93. The summed E-state index contributed by atoms with van der Waals surface area (Å²) in [5.74, 6) is 6.15. The normalized spacial score (nSPS) is 28.1. The minimum absolute atomic E-state index is 0.114. The summed E-state index contributed by atoms with van der Waals surface area (Å²) in [6.07, 6.45) is 6.12. The maximum atomic E-state index is 8.72. The van der Waals surface area contributed by atoms with Crippen LogP contribution in [0.4, 0.5) is 0 Å². The number of hydrogen-bond acceptors (Lipinski definition) is 5. The second kappa shape index (κ2) is 6.44. The number of rotatable bonds is 2. The topological polar surface area (TPSA) is 60.8 Å². The van der Waals surface area contributed by atoms with Gasteiger partial charge in [-0.05, 0) is 6.07 Å². The highest BCUT2D eigenvalue weighted by molar-refractivity contribution is 5.36. The third-order valence-electron chi connectivity index (χ3n) is 3.84. The predicted molar refractivity (Wildman–Crippen MR) is 76.0 cm³/mol. The molecule has 3 rings (SSSR count). The molecule has 0 saturated carbocycles.